The van der Waals surface area contributed by atoms with Gasteiger partial charge in [0, 0.05) is 52.3 Å². The minimum absolute atomic E-state index is 0.00730. The van der Waals surface area contributed by atoms with Gasteiger partial charge in [0.1, 0.15) is 42.4 Å². The number of rotatable bonds is 18. The number of fused-ring (bicyclic) bond motifs is 2. The Bertz CT molecular complexity index is 3020. The third-order valence-electron chi connectivity index (χ3n) is 27.2. The molecule has 4 saturated heterocycles. The van der Waals surface area contributed by atoms with Crippen LogP contribution in [-0.2, 0) is 66.7 Å². The van der Waals surface area contributed by atoms with Gasteiger partial charge >= 0.3 is 17.9 Å². The zero-order valence-electron chi connectivity index (χ0n) is 59.7. The van der Waals surface area contributed by atoms with Crippen LogP contribution in [0.15, 0.2) is 36.1 Å². The van der Waals surface area contributed by atoms with E-state index in [2.05, 4.69) is 22.5 Å². The summed E-state index contributed by atoms with van der Waals surface area (Å²) in [7, 11) is 0. The number of esters is 3. The fraction of sp³-hybridized carbons (Fsp3) is 0.840. The first-order chi connectivity index (χ1) is 45.4. The lowest BCUT2D eigenvalue weighted by Gasteiger charge is -2.68. The second-order valence-corrected chi connectivity index (χ2v) is 33.9. The fourth-order valence-corrected chi connectivity index (χ4v) is 22.5. The summed E-state index contributed by atoms with van der Waals surface area (Å²) in [6.07, 6.45) is 7.69. The molecule has 0 aromatic rings. The van der Waals surface area contributed by atoms with E-state index < -0.39 is 159 Å². The van der Waals surface area contributed by atoms with Crippen molar-refractivity contribution in [2.75, 3.05) is 18.5 Å². The van der Waals surface area contributed by atoms with Crippen molar-refractivity contribution in [2.24, 2.45) is 98.6 Å². The number of carbonyl (C=O) groups excluding carboxylic acids is 6. The smallest absolute Gasteiger partial charge is 0.348 e. The van der Waals surface area contributed by atoms with Gasteiger partial charge in [0.15, 0.2) is 29.4 Å². The van der Waals surface area contributed by atoms with Crippen LogP contribution in [0.1, 0.15) is 193 Å². The number of hydrogen-bond acceptors (Lipinski definition) is 21. The van der Waals surface area contributed by atoms with E-state index in [0.29, 0.717) is 24.3 Å². The van der Waals surface area contributed by atoms with Crippen LogP contribution in [0, 0.1) is 98.6 Å². The predicted molar refractivity (Wildman–Crippen MR) is 357 cm³/mol. The number of ether oxygens (including phenoxy) is 8. The van der Waals surface area contributed by atoms with Gasteiger partial charge in [-0.2, -0.15) is 0 Å². The van der Waals surface area contributed by atoms with E-state index in [4.69, 9.17) is 37.9 Å². The largest absolute Gasteiger partial charge is 0.499 e. The molecule has 0 aromatic heterocycles. The lowest BCUT2D eigenvalue weighted by atomic mass is 9.37. The van der Waals surface area contributed by atoms with Crippen molar-refractivity contribution in [3.63, 3.8) is 0 Å². The molecule has 12 aliphatic rings. The Hall–Kier alpha value is -3.52. The van der Waals surface area contributed by atoms with Crippen LogP contribution in [0.4, 0.5) is 0 Å². The third kappa shape index (κ3) is 12.2. The molecule has 4 aliphatic heterocycles. The molecule has 4 heterocycles. The Morgan fingerprint density at radius 3 is 1.62 bits per heavy atom. The highest BCUT2D eigenvalue weighted by atomic mass is 79.9. The van der Waals surface area contributed by atoms with Crippen molar-refractivity contribution in [2.45, 2.75) is 277 Å². The summed E-state index contributed by atoms with van der Waals surface area (Å²) in [5.41, 5.74) is -5.58. The molecule has 97 heavy (non-hydrogen) atoms. The third-order valence-corrected chi connectivity index (χ3v) is 27.7. The average Bonchev–Trinajstić information content (AvgIpc) is 1.58. The maximum absolute atomic E-state index is 14.1. The average molecular weight is 1430 g/mol. The normalized spacial score (nSPS) is 42.5. The zero-order chi connectivity index (χ0) is 71.4. The number of Topliss-reactive ketones (excluding diaryl/α,β-unsaturated/α-hetero) is 1. The summed E-state index contributed by atoms with van der Waals surface area (Å²) in [6, 6.07) is 0. The molecule has 10 fully saturated rings. The molecule has 7 unspecified atom stereocenters. The lowest BCUT2D eigenvalue weighted by molar-refractivity contribution is -0.346. The van der Waals surface area contributed by atoms with E-state index in [9.17, 15) is 64.5 Å². The summed E-state index contributed by atoms with van der Waals surface area (Å²) in [4.78, 5) is 81.5. The van der Waals surface area contributed by atoms with Gasteiger partial charge in [0.25, 0.3) is 0 Å². The first-order valence-corrected chi connectivity index (χ1v) is 37.4. The fourth-order valence-electron chi connectivity index (χ4n) is 22.2. The molecule has 21 nitrogen and oxygen atoms in total. The standard InChI is InChI=1S/C37H55BrO11.C30H44O9.C8H14O/c1-18(2)36(43,19(3)4)15-26(40)48-29-28-21(6)30(41)37(44)33-34(7)23(14-25(47-32(29)42)35(28,33)17-45-37)20(5)13-24(39)31(34)49-27(16-38)46-22-11-9-8-10-12-22;1-13(2)29(36,14(3)4)11-17(31)9-18-22-16(6)23(33)30(37)26-27(7)19(15(5)8-20(32)24(27)34)10-21(39-25(18)35)28(22,26)12-38-30;1-2-9-8-6-4-3-5-7-8/h13,18-19,21-23,25,27-31,33,41,43-44H,8-12,14-17H2,1-7H3;8,13-14,16,18-19,21-24,26,33-34,36-37H,9-12H2,1-7H3;2,8H,1,3-7H2/t21-,23+,25-,27?,28?,29?,30-,31-,33?,34-,35+,37+;16-,18?,19+,21-,22?,23-,24-,26?,27-,28+,30-;/m11./s1. The summed E-state index contributed by atoms with van der Waals surface area (Å²) in [5, 5.41) is 82.2. The minimum Gasteiger partial charge on any atom is -0.499 e. The number of halogens is 1. The Morgan fingerprint density at radius 1 is 0.660 bits per heavy atom. The summed E-state index contributed by atoms with van der Waals surface area (Å²) >= 11 is 3.54. The van der Waals surface area contributed by atoms with Crippen molar-refractivity contribution in [1.82, 2.24) is 0 Å². The monoisotopic (exact) mass is 1430 g/mol. The van der Waals surface area contributed by atoms with E-state index in [1.807, 2.05) is 69.2 Å². The molecule has 0 radical (unpaired) electrons. The molecular weight excluding hydrogens is 1320 g/mol. The number of carbonyl (C=O) groups is 6. The van der Waals surface area contributed by atoms with Gasteiger partial charge < -0.3 is 73.6 Å². The number of ketones is 3. The van der Waals surface area contributed by atoms with E-state index >= 15 is 0 Å². The van der Waals surface area contributed by atoms with Crippen LogP contribution in [0.25, 0.3) is 0 Å². The molecule has 12 rings (SSSR count). The maximum Gasteiger partial charge on any atom is 0.348 e. The van der Waals surface area contributed by atoms with Gasteiger partial charge in [-0.3, -0.25) is 24.0 Å². The Morgan fingerprint density at radius 2 is 1.11 bits per heavy atom. The molecule has 7 N–H and O–H groups in total. The van der Waals surface area contributed by atoms with Crippen molar-refractivity contribution in [3.05, 3.63) is 36.1 Å². The number of aliphatic hydroxyl groups is 7. The minimum atomic E-state index is -2.11. The molecule has 0 amide bonds. The summed E-state index contributed by atoms with van der Waals surface area (Å²) < 4.78 is 48.8. The van der Waals surface area contributed by atoms with E-state index in [1.165, 1.54) is 38.2 Å². The van der Waals surface area contributed by atoms with Crippen LogP contribution >= 0.6 is 15.9 Å². The van der Waals surface area contributed by atoms with E-state index in [1.54, 1.807) is 40.0 Å². The zero-order valence-corrected chi connectivity index (χ0v) is 61.3. The van der Waals surface area contributed by atoms with Crippen molar-refractivity contribution in [3.8, 4) is 0 Å². The van der Waals surface area contributed by atoms with E-state index in [-0.39, 0.29) is 85.7 Å². The van der Waals surface area contributed by atoms with Gasteiger partial charge in [0.05, 0.1) is 60.6 Å². The Kier molecular flexibility index (Phi) is 21.9. The predicted octanol–water partition coefficient (Wildman–Crippen LogP) is 8.48. The summed E-state index contributed by atoms with van der Waals surface area (Å²) in [6.45, 7) is 29.0. The van der Waals surface area contributed by atoms with Crippen LogP contribution in [0.2, 0.25) is 0 Å². The van der Waals surface area contributed by atoms with Gasteiger partial charge in [-0.1, -0.05) is 142 Å². The molecule has 546 valence electrons. The molecule has 23 atom stereocenters. The van der Waals surface area contributed by atoms with Crippen molar-refractivity contribution in [1.29, 1.82) is 0 Å². The SMILES string of the molecule is C=COC1CCCCC1.CC1=CC(=O)[C@@H](O)[C@]2(C)C3[C@]45CO[C@]3(O)[C@H](O)[C@H](C)C4C(CC(=O)CC(O)(C(C)C)C(C)C)C(=O)O[C@@H]5C[C@@H]12.CC1=CC(=O)[C@@H](OC(CBr)OC2CCCCC2)[C@]2(C)C3[C@]45CO[C@@]3(O)[C@H](O)[C@H](C)C4C(OC(=O)CC(O)(C(C)C)C(C)C)C(=O)O[C@@H]5C[C@@H]12. The molecule has 2 spiro atoms. The van der Waals surface area contributed by atoms with Crippen LogP contribution in [0.5, 0.6) is 0 Å². The molecule has 22 heteroatoms. The second kappa shape index (κ2) is 27.9. The number of hydrogen-bond donors (Lipinski definition) is 7. The number of alkyl halides is 1. The second-order valence-electron chi connectivity index (χ2n) is 33.2. The van der Waals surface area contributed by atoms with Gasteiger partial charge in [0.2, 0.25) is 6.10 Å². The van der Waals surface area contributed by atoms with Gasteiger partial charge in [-0.25, -0.2) is 4.79 Å². The van der Waals surface area contributed by atoms with Crippen LogP contribution in [0.3, 0.4) is 0 Å². The molecule has 4 bridgehead atoms. The van der Waals surface area contributed by atoms with Crippen molar-refractivity contribution >= 4 is 51.2 Å². The quantitative estimate of drug-likeness (QED) is 0.0222. The first kappa shape index (κ1) is 76.1. The maximum atomic E-state index is 14.1. The first-order valence-electron chi connectivity index (χ1n) is 36.3. The molecule has 6 saturated carbocycles. The van der Waals surface area contributed by atoms with Crippen LogP contribution in [-0.4, -0.2) is 174 Å². The van der Waals surface area contributed by atoms with Gasteiger partial charge in [-0.15, -0.1) is 0 Å². The molecule has 8 aliphatic carbocycles. The number of aliphatic hydroxyl groups excluding tert-OH is 3. The Balaban J connectivity index is 0.000000190. The topological polar surface area (TPSA) is 318 Å². The highest BCUT2D eigenvalue weighted by Crippen LogP contribution is 2.76. The Labute approximate surface area is 581 Å². The summed E-state index contributed by atoms with van der Waals surface area (Å²) in [5.74, 6) is -14.5. The van der Waals surface area contributed by atoms with Crippen molar-refractivity contribution < 1.29 is 102 Å². The van der Waals surface area contributed by atoms with E-state index in [0.717, 1.165) is 43.3 Å². The lowest BCUT2D eigenvalue weighted by Crippen LogP contribution is -2.78. The highest BCUT2D eigenvalue weighted by molar-refractivity contribution is 9.09. The highest BCUT2D eigenvalue weighted by Gasteiger charge is 2.85. The van der Waals surface area contributed by atoms with Crippen LogP contribution < -0.4 is 0 Å². The number of allylic oxidation sites excluding steroid dienone is 2. The van der Waals surface area contributed by atoms with Gasteiger partial charge in [-0.05, 0) is 131 Å². The molecule has 0 aromatic carbocycles. The molecular formula is C75H113BrO21.